The van der Waals surface area contributed by atoms with Crippen molar-refractivity contribution in [3.8, 4) is 0 Å². The first-order valence-corrected chi connectivity index (χ1v) is 1.82. The third-order valence-corrected chi connectivity index (χ3v) is 0.655. The number of rotatable bonds is 0. The van der Waals surface area contributed by atoms with E-state index in [0.717, 1.165) is 6.42 Å². The summed E-state index contributed by atoms with van der Waals surface area (Å²) in [5, 5.41) is 0. The van der Waals surface area contributed by atoms with E-state index in [2.05, 4.69) is 24.3 Å². The molecule has 0 atom stereocenters. The van der Waals surface area contributed by atoms with Gasteiger partial charge in [0.25, 0.3) is 0 Å². The van der Waals surface area contributed by atoms with Crippen LogP contribution in [0.2, 0.25) is 0 Å². The van der Waals surface area contributed by atoms with Crippen molar-refractivity contribution in [3.63, 3.8) is 0 Å². The topological polar surface area (TPSA) is 0 Å². The molecule has 0 unspecified atom stereocenters. The van der Waals surface area contributed by atoms with E-state index in [4.69, 9.17) is 0 Å². The Balaban J connectivity index is 0. The summed E-state index contributed by atoms with van der Waals surface area (Å²) < 4.78 is 0. The van der Waals surface area contributed by atoms with Crippen LogP contribution in [0.5, 0.6) is 0 Å². The molecule has 0 heterocycles. The Kier molecular flexibility index (Phi) is 10.7. The van der Waals surface area contributed by atoms with Crippen LogP contribution in [0.25, 0.3) is 0 Å². The summed E-state index contributed by atoms with van der Waals surface area (Å²) in [6.07, 6.45) is 9.50. The second-order valence-electron chi connectivity index (χ2n) is 1.09. The summed E-state index contributed by atoms with van der Waals surface area (Å²) in [6, 6.07) is 0. The Morgan fingerprint density at radius 2 is 1.29 bits per heavy atom. The summed E-state index contributed by atoms with van der Waals surface area (Å²) in [7, 11) is 0. The van der Waals surface area contributed by atoms with Crippen LogP contribution in [0, 0.1) is 0 Å². The van der Waals surface area contributed by atoms with Gasteiger partial charge in [-0.05, 0) is 6.42 Å². The molecule has 2 heteroatoms. The monoisotopic (exact) mass is 322 g/mol. The van der Waals surface area contributed by atoms with Crippen molar-refractivity contribution >= 4 is 48.0 Å². The molecule has 0 saturated heterocycles. The number of allylic oxidation sites excluding steroid dienone is 4. The fourth-order valence-electron chi connectivity index (χ4n) is 0.393. The van der Waals surface area contributed by atoms with E-state index in [-0.39, 0.29) is 48.0 Å². The van der Waals surface area contributed by atoms with Gasteiger partial charge in [-0.25, -0.2) is 0 Å². The first kappa shape index (κ1) is 10.8. The zero-order valence-electron chi connectivity index (χ0n) is 3.83. The average molecular weight is 322 g/mol. The second-order valence-corrected chi connectivity index (χ2v) is 1.09. The van der Waals surface area contributed by atoms with Gasteiger partial charge >= 0.3 is 0 Å². The highest BCUT2D eigenvalue weighted by Gasteiger charge is 1.72. The smallest absolute Gasteiger partial charge is 0.0163 e. The minimum atomic E-state index is 0. The molecule has 0 N–H and O–H groups in total. The van der Waals surface area contributed by atoms with E-state index in [0.29, 0.717) is 0 Å². The van der Waals surface area contributed by atoms with Crippen LogP contribution >= 0.6 is 48.0 Å². The molecule has 1 rings (SSSR count). The molecule has 0 amide bonds. The first-order chi connectivity index (χ1) is 2.50. The molecule has 0 fully saturated rings. The van der Waals surface area contributed by atoms with E-state index >= 15 is 0 Å². The number of halogens is 2. The molecule has 7 heavy (non-hydrogen) atoms. The van der Waals surface area contributed by atoms with Gasteiger partial charge in [-0.1, -0.05) is 24.3 Å². The summed E-state index contributed by atoms with van der Waals surface area (Å²) >= 11 is 0. The molecule has 0 aromatic heterocycles. The predicted molar refractivity (Wildman–Crippen MR) is 53.7 cm³/mol. The quantitative estimate of drug-likeness (QED) is 0.602. The molecule has 0 nitrogen and oxygen atoms in total. The molecular weight excluding hydrogens is 314 g/mol. The lowest BCUT2D eigenvalue weighted by atomic mass is 10.5. The highest BCUT2D eigenvalue weighted by atomic mass is 127. The largest absolute Gasteiger partial charge is 0.107 e. The molecule has 0 aromatic carbocycles. The van der Waals surface area contributed by atoms with Crippen LogP contribution in [0.1, 0.15) is 6.42 Å². The maximum Gasteiger partial charge on any atom is -0.0163 e. The van der Waals surface area contributed by atoms with Crippen LogP contribution < -0.4 is 0 Å². The summed E-state index contributed by atoms with van der Waals surface area (Å²) in [4.78, 5) is 0. The lowest BCUT2D eigenvalue weighted by molar-refractivity contribution is 1.45. The van der Waals surface area contributed by atoms with Gasteiger partial charge < -0.3 is 0 Å². The zero-order chi connectivity index (χ0) is 3.54. The Bertz CT molecular complexity index is 64.1. The minimum Gasteiger partial charge on any atom is -0.107 e. The lowest BCUT2D eigenvalue weighted by Gasteiger charge is -1.57. The lowest BCUT2D eigenvalue weighted by Crippen LogP contribution is -1.37. The summed E-state index contributed by atoms with van der Waals surface area (Å²) in [5.74, 6) is 0. The molecular formula is C5H8I2. The third-order valence-electron chi connectivity index (χ3n) is 0.655. The second kappa shape index (κ2) is 6.94. The summed E-state index contributed by atoms with van der Waals surface area (Å²) in [6.45, 7) is 0. The van der Waals surface area contributed by atoms with Crippen LogP contribution in [-0.4, -0.2) is 0 Å². The Labute approximate surface area is 78.1 Å². The van der Waals surface area contributed by atoms with E-state index in [9.17, 15) is 0 Å². The van der Waals surface area contributed by atoms with Gasteiger partial charge in [0.05, 0.1) is 0 Å². The highest BCUT2D eigenvalue weighted by Crippen LogP contribution is 1.93. The van der Waals surface area contributed by atoms with Crippen LogP contribution in [0.15, 0.2) is 24.3 Å². The fraction of sp³-hybridized carbons (Fsp3) is 0.200. The molecule has 0 radical (unpaired) electrons. The van der Waals surface area contributed by atoms with Gasteiger partial charge in [0, 0.05) is 0 Å². The third kappa shape index (κ3) is 4.80. The van der Waals surface area contributed by atoms with Crippen molar-refractivity contribution in [2.45, 2.75) is 6.42 Å². The Morgan fingerprint density at radius 1 is 0.857 bits per heavy atom. The van der Waals surface area contributed by atoms with Crippen molar-refractivity contribution in [2.75, 3.05) is 0 Å². The van der Waals surface area contributed by atoms with E-state index < -0.39 is 0 Å². The molecule has 1 aliphatic carbocycles. The van der Waals surface area contributed by atoms with Gasteiger partial charge in [-0.3, -0.25) is 0 Å². The molecule has 0 aliphatic heterocycles. The average Bonchev–Trinajstić information content (AvgIpc) is 1.76. The molecule has 1 aliphatic rings. The van der Waals surface area contributed by atoms with Crippen molar-refractivity contribution in [1.82, 2.24) is 0 Å². The van der Waals surface area contributed by atoms with E-state index in [1.165, 1.54) is 0 Å². The zero-order valence-corrected chi connectivity index (χ0v) is 8.49. The molecule has 42 valence electrons. The van der Waals surface area contributed by atoms with Crippen LogP contribution in [0.4, 0.5) is 0 Å². The normalized spacial score (nSPS) is 12.6. The van der Waals surface area contributed by atoms with Crippen molar-refractivity contribution in [1.29, 1.82) is 0 Å². The van der Waals surface area contributed by atoms with Crippen molar-refractivity contribution < 1.29 is 0 Å². The predicted octanol–water partition coefficient (Wildman–Crippen LogP) is 2.74. The highest BCUT2D eigenvalue weighted by molar-refractivity contribution is 14.0. The van der Waals surface area contributed by atoms with E-state index in [1.807, 2.05) is 0 Å². The molecule has 0 bridgehead atoms. The van der Waals surface area contributed by atoms with Gasteiger partial charge in [-0.2, -0.15) is 0 Å². The SMILES string of the molecule is C1=CCC=C1.I.I. The first-order valence-electron chi connectivity index (χ1n) is 1.82. The van der Waals surface area contributed by atoms with E-state index in [1.54, 1.807) is 0 Å². The van der Waals surface area contributed by atoms with Gasteiger partial charge in [0.1, 0.15) is 0 Å². The van der Waals surface area contributed by atoms with Gasteiger partial charge in [0.2, 0.25) is 0 Å². The summed E-state index contributed by atoms with van der Waals surface area (Å²) in [5.41, 5.74) is 0. The number of hydrogen-bond acceptors (Lipinski definition) is 0. The van der Waals surface area contributed by atoms with Crippen molar-refractivity contribution in [2.24, 2.45) is 0 Å². The fourth-order valence-corrected chi connectivity index (χ4v) is 0.393. The maximum absolute atomic E-state index is 2.12. The molecule has 0 saturated carbocycles. The maximum atomic E-state index is 2.12. The van der Waals surface area contributed by atoms with Gasteiger partial charge in [-0.15, -0.1) is 48.0 Å². The molecule has 0 aromatic rings. The Hall–Kier alpha value is 0.940. The van der Waals surface area contributed by atoms with Crippen molar-refractivity contribution in [3.05, 3.63) is 24.3 Å². The number of hydrogen-bond donors (Lipinski definition) is 0. The Morgan fingerprint density at radius 3 is 1.43 bits per heavy atom. The van der Waals surface area contributed by atoms with Crippen LogP contribution in [-0.2, 0) is 0 Å². The molecule has 0 spiro atoms. The van der Waals surface area contributed by atoms with Crippen LogP contribution in [0.3, 0.4) is 0 Å². The standard InChI is InChI=1S/C5H6.2HI/c1-2-4-5-3-1;;/h1-4H,5H2;2*1H. The minimum absolute atomic E-state index is 0. The van der Waals surface area contributed by atoms with Gasteiger partial charge in [0.15, 0.2) is 0 Å².